The average Bonchev–Trinajstić information content (AvgIpc) is 3.18. The molecule has 2 heterocycles. The summed E-state index contributed by atoms with van der Waals surface area (Å²) < 4.78 is 0. The normalized spacial score (nSPS) is 16.1. The Labute approximate surface area is 248 Å². The molecule has 0 radical (unpaired) electrons. The van der Waals surface area contributed by atoms with E-state index in [0.29, 0.717) is 33.9 Å². The van der Waals surface area contributed by atoms with Crippen LogP contribution >= 0.6 is 0 Å². The molecule has 0 unspecified atom stereocenters. The molecule has 10 nitrogen and oxygen atoms in total. The van der Waals surface area contributed by atoms with Crippen molar-refractivity contribution in [2.24, 2.45) is 0 Å². The molecule has 1 atom stereocenters. The number of ketones is 1. The number of nitrogens with zero attached hydrogens (tertiary/aromatic N) is 4. The number of urea groups is 2. The maximum Gasteiger partial charge on any atom is 0.329 e. The van der Waals surface area contributed by atoms with Gasteiger partial charge in [0, 0.05) is 25.1 Å². The van der Waals surface area contributed by atoms with Gasteiger partial charge in [-0.3, -0.25) is 24.6 Å². The Morgan fingerprint density at radius 2 is 1.33 bits per heavy atom. The molecule has 0 bridgehead atoms. The average molecular weight is 576 g/mol. The highest BCUT2D eigenvalue weighted by atomic mass is 16.5. The van der Waals surface area contributed by atoms with Crippen molar-refractivity contribution in [3.05, 3.63) is 120 Å². The van der Waals surface area contributed by atoms with Gasteiger partial charge >= 0.3 is 12.1 Å². The van der Waals surface area contributed by atoms with E-state index in [1.165, 1.54) is 14.7 Å². The zero-order valence-corrected chi connectivity index (χ0v) is 23.2. The summed E-state index contributed by atoms with van der Waals surface area (Å²) in [5.41, 5.74) is 4.97. The van der Waals surface area contributed by atoms with Crippen molar-refractivity contribution in [1.29, 1.82) is 0 Å². The molecule has 5 amide bonds. The number of hydrogen-bond acceptors (Lipinski definition) is 5. The SMILES string of the molecule is O=C1Cc2ccccc2N(C(=O)N2CCN(C(=O)N(c3ccccc3)c3ccccc3)C[C@H]2C(=O)NO)c2ccccc21. The summed E-state index contributed by atoms with van der Waals surface area (Å²) in [6.45, 7) is -0.0237. The molecule has 0 saturated carbocycles. The highest BCUT2D eigenvalue weighted by molar-refractivity contribution is 6.12. The van der Waals surface area contributed by atoms with Crippen LogP contribution in [0.4, 0.5) is 32.3 Å². The predicted octanol–water partition coefficient (Wildman–Crippen LogP) is 5.13. The number of piperazine rings is 1. The Bertz CT molecular complexity index is 1640. The maximum absolute atomic E-state index is 14.4. The van der Waals surface area contributed by atoms with Gasteiger partial charge in [-0.1, -0.05) is 66.7 Å². The smallest absolute Gasteiger partial charge is 0.320 e. The van der Waals surface area contributed by atoms with E-state index < -0.39 is 18.0 Å². The number of amides is 5. The molecule has 10 heteroatoms. The third-order valence-corrected chi connectivity index (χ3v) is 7.75. The number of carbonyl (C=O) groups excluding carboxylic acids is 4. The van der Waals surface area contributed by atoms with E-state index >= 15 is 0 Å². The van der Waals surface area contributed by atoms with Crippen LogP contribution in [0, 0.1) is 0 Å². The van der Waals surface area contributed by atoms with E-state index in [9.17, 15) is 24.4 Å². The van der Waals surface area contributed by atoms with E-state index in [1.807, 2.05) is 66.7 Å². The van der Waals surface area contributed by atoms with Crippen molar-refractivity contribution in [3.63, 3.8) is 0 Å². The summed E-state index contributed by atoms with van der Waals surface area (Å²) >= 11 is 0. The molecule has 2 N–H and O–H groups in total. The van der Waals surface area contributed by atoms with Gasteiger partial charge in [-0.25, -0.2) is 15.1 Å². The summed E-state index contributed by atoms with van der Waals surface area (Å²) in [6, 6.07) is 30.2. The Kier molecular flexibility index (Phi) is 7.59. The van der Waals surface area contributed by atoms with Crippen molar-refractivity contribution in [2.75, 3.05) is 29.4 Å². The number of hydrogen-bond donors (Lipinski definition) is 2. The van der Waals surface area contributed by atoms with E-state index in [4.69, 9.17) is 0 Å². The third kappa shape index (κ3) is 5.20. The van der Waals surface area contributed by atoms with Crippen LogP contribution in [0.1, 0.15) is 15.9 Å². The summed E-state index contributed by atoms with van der Waals surface area (Å²) in [7, 11) is 0. The first-order valence-corrected chi connectivity index (χ1v) is 13.9. The number of fused-ring (bicyclic) bond motifs is 2. The van der Waals surface area contributed by atoms with Gasteiger partial charge in [0.2, 0.25) is 0 Å². The minimum absolute atomic E-state index is 0.00879. The number of hydroxylamine groups is 1. The second kappa shape index (κ2) is 11.8. The molecule has 4 aromatic rings. The lowest BCUT2D eigenvalue weighted by atomic mass is 10.0. The maximum atomic E-state index is 14.4. The molecule has 1 fully saturated rings. The van der Waals surface area contributed by atoms with Gasteiger partial charge in [0.1, 0.15) is 6.04 Å². The summed E-state index contributed by atoms with van der Waals surface area (Å²) in [5.74, 6) is -0.954. The number of nitrogens with one attached hydrogen (secondary N) is 1. The van der Waals surface area contributed by atoms with E-state index in [0.717, 1.165) is 0 Å². The van der Waals surface area contributed by atoms with Crippen LogP contribution < -0.4 is 15.3 Å². The second-order valence-corrected chi connectivity index (χ2v) is 10.3. The molecule has 0 aliphatic carbocycles. The van der Waals surface area contributed by atoms with E-state index in [1.54, 1.807) is 52.8 Å². The lowest BCUT2D eigenvalue weighted by molar-refractivity contribution is -0.135. The lowest BCUT2D eigenvalue weighted by Gasteiger charge is -2.43. The molecule has 1 saturated heterocycles. The third-order valence-electron chi connectivity index (χ3n) is 7.75. The highest BCUT2D eigenvalue weighted by Gasteiger charge is 2.42. The standard InChI is InChI=1S/C33H29N5O5/c39-30-21-23-11-7-9-17-27(23)38(28-18-10-8-16-26(28)30)33(42)36-20-19-35(22-29(36)31(40)34-43)32(41)37(24-12-3-1-4-13-24)25-14-5-2-6-15-25/h1-18,29,43H,19-22H2,(H,34,40)/t29-/m0/s1. The first kappa shape index (κ1) is 27.7. The van der Waals surface area contributed by atoms with Crippen LogP contribution in [-0.4, -0.2) is 64.4 Å². The van der Waals surface area contributed by atoms with Gasteiger partial charge in [0.05, 0.1) is 29.3 Å². The molecule has 6 rings (SSSR count). The number of para-hydroxylation sites is 4. The fraction of sp³-hybridized carbons (Fsp3) is 0.152. The van der Waals surface area contributed by atoms with Crippen molar-refractivity contribution >= 4 is 46.5 Å². The van der Waals surface area contributed by atoms with Crippen LogP contribution in [0.5, 0.6) is 0 Å². The minimum atomic E-state index is -1.21. The first-order valence-electron chi connectivity index (χ1n) is 13.9. The molecule has 2 aliphatic rings. The molecule has 216 valence electrons. The van der Waals surface area contributed by atoms with Gasteiger partial charge in [0.15, 0.2) is 5.78 Å². The molecular weight excluding hydrogens is 546 g/mol. The van der Waals surface area contributed by atoms with Crippen LogP contribution in [0.15, 0.2) is 109 Å². The quantitative estimate of drug-likeness (QED) is 0.260. The number of anilines is 4. The van der Waals surface area contributed by atoms with Crippen molar-refractivity contribution in [1.82, 2.24) is 15.3 Å². The Morgan fingerprint density at radius 1 is 0.744 bits per heavy atom. The van der Waals surface area contributed by atoms with E-state index in [2.05, 4.69) is 0 Å². The van der Waals surface area contributed by atoms with Gasteiger partial charge < -0.3 is 9.80 Å². The Balaban J connectivity index is 1.35. The minimum Gasteiger partial charge on any atom is -0.320 e. The van der Waals surface area contributed by atoms with Crippen LogP contribution in [-0.2, 0) is 11.2 Å². The molecular formula is C33H29N5O5. The van der Waals surface area contributed by atoms with Crippen molar-refractivity contribution < 1.29 is 24.4 Å². The summed E-state index contributed by atoms with van der Waals surface area (Å²) in [6.07, 6.45) is 0.120. The van der Waals surface area contributed by atoms with Crippen molar-refractivity contribution in [3.8, 4) is 0 Å². The van der Waals surface area contributed by atoms with Crippen molar-refractivity contribution in [2.45, 2.75) is 12.5 Å². The van der Waals surface area contributed by atoms with Gasteiger partial charge in [-0.05, 0) is 48.0 Å². The van der Waals surface area contributed by atoms with Gasteiger partial charge in [0.25, 0.3) is 5.91 Å². The Hall–Kier alpha value is -5.48. The van der Waals surface area contributed by atoms with Gasteiger partial charge in [-0.15, -0.1) is 0 Å². The van der Waals surface area contributed by atoms with Crippen LogP contribution in [0.2, 0.25) is 0 Å². The second-order valence-electron chi connectivity index (χ2n) is 10.3. The molecule has 43 heavy (non-hydrogen) atoms. The molecule has 4 aromatic carbocycles. The highest BCUT2D eigenvalue weighted by Crippen LogP contribution is 2.37. The molecule has 0 spiro atoms. The topological polar surface area (TPSA) is 114 Å². The predicted molar refractivity (Wildman–Crippen MR) is 161 cm³/mol. The monoisotopic (exact) mass is 575 g/mol. The van der Waals surface area contributed by atoms with Crippen LogP contribution in [0.3, 0.4) is 0 Å². The summed E-state index contributed by atoms with van der Waals surface area (Å²) in [5, 5.41) is 9.67. The zero-order valence-electron chi connectivity index (χ0n) is 23.2. The summed E-state index contributed by atoms with van der Waals surface area (Å²) in [4.78, 5) is 60.5. The lowest BCUT2D eigenvalue weighted by Crippen LogP contribution is -2.64. The number of carbonyl (C=O) groups is 4. The van der Waals surface area contributed by atoms with Gasteiger partial charge in [-0.2, -0.15) is 0 Å². The fourth-order valence-electron chi connectivity index (χ4n) is 5.67. The van der Waals surface area contributed by atoms with Crippen LogP contribution in [0.25, 0.3) is 0 Å². The Morgan fingerprint density at radius 3 is 1.98 bits per heavy atom. The first-order chi connectivity index (χ1) is 21.0. The number of rotatable bonds is 3. The van der Waals surface area contributed by atoms with E-state index in [-0.39, 0.29) is 37.9 Å². The fourth-order valence-corrected chi connectivity index (χ4v) is 5.67. The molecule has 2 aliphatic heterocycles. The zero-order chi connectivity index (χ0) is 29.9. The molecule has 0 aromatic heterocycles. The largest absolute Gasteiger partial charge is 0.329 e. The number of Topliss-reactive ketones (excluding diaryl/α,β-unsaturated/α-hetero) is 1. The number of benzene rings is 4.